The average Bonchev–Trinajstić information content (AvgIpc) is 2.97. The summed E-state index contributed by atoms with van der Waals surface area (Å²) in [5.74, 6) is -0.792. The van der Waals surface area contributed by atoms with Crippen LogP contribution in [0.4, 0.5) is 5.69 Å². The zero-order valence-corrected chi connectivity index (χ0v) is 26.8. The van der Waals surface area contributed by atoms with Crippen LogP contribution in [0, 0.1) is 5.92 Å². The van der Waals surface area contributed by atoms with Gasteiger partial charge >= 0.3 is 5.97 Å². The molecule has 0 unspecified atom stereocenters. The Balaban J connectivity index is 0.000000818. The van der Waals surface area contributed by atoms with Crippen LogP contribution < -0.4 is 4.90 Å². The molecule has 0 radical (unpaired) electrons. The number of amides is 1. The fourth-order valence-electron chi connectivity index (χ4n) is 5.33. The summed E-state index contributed by atoms with van der Waals surface area (Å²) in [6.45, 7) is 3.40. The Morgan fingerprint density at radius 1 is 1.02 bits per heavy atom. The molecule has 3 aromatic rings. The van der Waals surface area contributed by atoms with Gasteiger partial charge in [-0.25, -0.2) is 13.2 Å². The van der Waals surface area contributed by atoms with Crippen molar-refractivity contribution in [2.24, 2.45) is 5.92 Å². The van der Waals surface area contributed by atoms with E-state index in [4.69, 9.17) is 20.9 Å². The Labute approximate surface area is 262 Å². The first kappa shape index (κ1) is 33.6. The van der Waals surface area contributed by atoms with Gasteiger partial charge in [0.05, 0.1) is 24.3 Å². The largest absolute Gasteiger partial charge is 0.464 e. The van der Waals surface area contributed by atoms with E-state index < -0.39 is 38.1 Å². The summed E-state index contributed by atoms with van der Waals surface area (Å²) >= 11 is 6.06. The Morgan fingerprint density at radius 3 is 2.27 bits per heavy atom. The standard InChI is InChI=1S/C28H31ClN4O5S.CH4O3S/c1-2-38-28(35)26-18-32(39(36,37)25-6-4-21-15-23(29)5-3-22(21)16-25)19-27(34)33(26)17-20-9-13-31(14-10-20)24-7-11-30-12-8-24;1-5(2,3)4/h3-8,11-12,15-16,20,26H,2,9-10,13-14,17-19H2,1H3;1H3,(H,2,3,4)/t26-;/m1./s1. The summed E-state index contributed by atoms with van der Waals surface area (Å²) in [7, 11) is -7.71. The highest BCUT2D eigenvalue weighted by molar-refractivity contribution is 7.89. The number of ether oxygens (including phenoxy) is 1. The molecule has 0 aliphatic carbocycles. The van der Waals surface area contributed by atoms with Crippen LogP contribution in [0.25, 0.3) is 10.8 Å². The Hall–Kier alpha value is -3.30. The molecule has 12 nitrogen and oxygen atoms in total. The van der Waals surface area contributed by atoms with Crippen LogP contribution in [0.5, 0.6) is 0 Å². The van der Waals surface area contributed by atoms with Gasteiger partial charge in [-0.2, -0.15) is 12.7 Å². The lowest BCUT2D eigenvalue weighted by Crippen LogP contribution is -2.61. The summed E-state index contributed by atoms with van der Waals surface area (Å²) in [6.07, 6.45) is 5.96. The highest BCUT2D eigenvalue weighted by Gasteiger charge is 2.43. The molecular formula is C29H35ClN4O8S2. The molecule has 2 saturated heterocycles. The van der Waals surface area contributed by atoms with Crippen molar-refractivity contribution in [3.8, 4) is 0 Å². The number of nitrogens with zero attached hydrogens (tertiary/aromatic N) is 4. The Morgan fingerprint density at radius 2 is 1.64 bits per heavy atom. The fraction of sp³-hybridized carbons (Fsp3) is 0.414. The molecule has 0 saturated carbocycles. The SMILES string of the molecule is CCOC(=O)[C@H]1CN(S(=O)(=O)c2ccc3cc(Cl)ccc3c2)CC(=O)N1CC1CCN(c2ccncc2)CC1.CS(=O)(=O)O. The molecule has 44 heavy (non-hydrogen) atoms. The second-order valence-electron chi connectivity index (χ2n) is 10.6. The lowest BCUT2D eigenvalue weighted by Gasteiger charge is -2.42. The molecule has 1 N–H and O–H groups in total. The quantitative estimate of drug-likeness (QED) is 0.294. The topological polar surface area (TPSA) is 154 Å². The number of esters is 1. The molecule has 0 bridgehead atoms. The predicted octanol–water partition coefficient (Wildman–Crippen LogP) is 3.07. The van der Waals surface area contributed by atoms with E-state index in [9.17, 15) is 26.4 Å². The van der Waals surface area contributed by atoms with E-state index in [0.29, 0.717) is 23.2 Å². The van der Waals surface area contributed by atoms with E-state index >= 15 is 0 Å². The number of aromatic nitrogens is 1. The molecule has 2 aliphatic heterocycles. The summed E-state index contributed by atoms with van der Waals surface area (Å²) < 4.78 is 59.4. The van der Waals surface area contributed by atoms with Gasteiger partial charge in [0, 0.05) is 49.3 Å². The molecule has 15 heteroatoms. The van der Waals surface area contributed by atoms with Gasteiger partial charge in [0.2, 0.25) is 15.9 Å². The second kappa shape index (κ2) is 14.2. The number of piperazine rings is 1. The summed E-state index contributed by atoms with van der Waals surface area (Å²) in [4.78, 5) is 34.3. The fourth-order valence-corrected chi connectivity index (χ4v) is 6.95. The van der Waals surface area contributed by atoms with Gasteiger partial charge in [-0.1, -0.05) is 23.7 Å². The van der Waals surface area contributed by atoms with Gasteiger partial charge in [-0.15, -0.1) is 0 Å². The minimum Gasteiger partial charge on any atom is -0.464 e. The highest BCUT2D eigenvalue weighted by atomic mass is 35.5. The zero-order chi connectivity index (χ0) is 32.1. The third kappa shape index (κ3) is 8.66. The molecule has 2 aromatic carbocycles. The maximum absolute atomic E-state index is 13.6. The monoisotopic (exact) mass is 666 g/mol. The van der Waals surface area contributed by atoms with Crippen LogP contribution >= 0.6 is 11.6 Å². The predicted molar refractivity (Wildman–Crippen MR) is 166 cm³/mol. The molecule has 5 rings (SSSR count). The smallest absolute Gasteiger partial charge is 0.330 e. The van der Waals surface area contributed by atoms with Crippen LogP contribution in [0.15, 0.2) is 65.8 Å². The number of rotatable bonds is 7. The zero-order valence-electron chi connectivity index (χ0n) is 24.4. The molecule has 1 atom stereocenters. The second-order valence-corrected chi connectivity index (χ2v) is 14.5. The Kier molecular flexibility index (Phi) is 10.8. The normalized spacial score (nSPS) is 18.5. The maximum atomic E-state index is 13.6. The van der Waals surface area contributed by atoms with Gasteiger partial charge in [0.25, 0.3) is 10.1 Å². The van der Waals surface area contributed by atoms with E-state index in [1.54, 1.807) is 49.6 Å². The first-order valence-corrected chi connectivity index (χ1v) is 17.7. The molecule has 238 valence electrons. The van der Waals surface area contributed by atoms with Crippen molar-refractivity contribution in [3.63, 3.8) is 0 Å². The van der Waals surface area contributed by atoms with Crippen molar-refractivity contribution in [1.29, 1.82) is 0 Å². The molecule has 1 amide bonds. The number of pyridine rings is 1. The average molecular weight is 667 g/mol. The number of halogens is 1. The van der Waals surface area contributed by atoms with Crippen LogP contribution in [0.3, 0.4) is 0 Å². The molecular weight excluding hydrogens is 632 g/mol. The number of carbonyl (C=O) groups is 2. The van der Waals surface area contributed by atoms with Gasteiger partial charge in [0.15, 0.2) is 0 Å². The van der Waals surface area contributed by atoms with Crippen LogP contribution in [-0.4, -0.2) is 99.1 Å². The third-order valence-electron chi connectivity index (χ3n) is 7.45. The first-order valence-electron chi connectivity index (χ1n) is 14.0. The van der Waals surface area contributed by atoms with Gasteiger partial charge < -0.3 is 14.5 Å². The molecule has 3 heterocycles. The van der Waals surface area contributed by atoms with E-state index in [0.717, 1.165) is 41.3 Å². The Bertz CT molecular complexity index is 1690. The number of sulfonamides is 1. The van der Waals surface area contributed by atoms with Crippen LogP contribution in [0.1, 0.15) is 19.8 Å². The number of hydrogen-bond donors (Lipinski definition) is 1. The van der Waals surface area contributed by atoms with Gasteiger partial charge in [-0.3, -0.25) is 14.3 Å². The van der Waals surface area contributed by atoms with E-state index in [1.807, 2.05) is 12.1 Å². The van der Waals surface area contributed by atoms with E-state index in [1.165, 1.54) is 11.0 Å². The summed E-state index contributed by atoms with van der Waals surface area (Å²) in [6, 6.07) is 12.9. The minimum atomic E-state index is -4.04. The number of carbonyl (C=O) groups excluding carboxylic acids is 2. The number of hydrogen-bond acceptors (Lipinski definition) is 9. The summed E-state index contributed by atoms with van der Waals surface area (Å²) in [5.41, 5.74) is 1.11. The summed E-state index contributed by atoms with van der Waals surface area (Å²) in [5, 5.41) is 2.08. The van der Waals surface area contributed by atoms with Gasteiger partial charge in [-0.05, 0) is 72.9 Å². The van der Waals surface area contributed by atoms with Crippen LogP contribution in [0.2, 0.25) is 5.02 Å². The molecule has 2 fully saturated rings. The lowest BCUT2D eigenvalue weighted by atomic mass is 9.94. The molecule has 1 aromatic heterocycles. The van der Waals surface area contributed by atoms with E-state index in [2.05, 4.69) is 9.88 Å². The minimum absolute atomic E-state index is 0.0599. The maximum Gasteiger partial charge on any atom is 0.330 e. The van der Waals surface area contributed by atoms with Crippen molar-refractivity contribution in [2.45, 2.75) is 30.7 Å². The number of anilines is 1. The van der Waals surface area contributed by atoms with Crippen molar-refractivity contribution >= 4 is 60.1 Å². The first-order chi connectivity index (χ1) is 20.8. The number of fused-ring (bicyclic) bond motifs is 1. The molecule has 0 spiro atoms. The lowest BCUT2D eigenvalue weighted by molar-refractivity contribution is -0.158. The van der Waals surface area contributed by atoms with Crippen molar-refractivity contribution in [1.82, 2.24) is 14.2 Å². The van der Waals surface area contributed by atoms with Crippen molar-refractivity contribution in [3.05, 3.63) is 65.9 Å². The van der Waals surface area contributed by atoms with Crippen molar-refractivity contribution < 1.29 is 35.7 Å². The highest BCUT2D eigenvalue weighted by Crippen LogP contribution is 2.29. The van der Waals surface area contributed by atoms with Crippen molar-refractivity contribution in [2.75, 3.05) is 50.5 Å². The number of piperidine rings is 1. The van der Waals surface area contributed by atoms with Gasteiger partial charge in [0.1, 0.15) is 6.04 Å². The molecule has 2 aliphatic rings. The number of benzene rings is 2. The van der Waals surface area contributed by atoms with E-state index in [-0.39, 0.29) is 30.5 Å². The third-order valence-corrected chi connectivity index (χ3v) is 9.50. The van der Waals surface area contributed by atoms with Crippen LogP contribution in [-0.2, 0) is 34.5 Å².